The molecule has 11 heteroatoms. The SMILES string of the molecule is CCN(CC)C(=O)C1(c2ccc(Cl)cc2)CCN(C(=O)Cn2nc(C(F)(F)F)c(Cl)c2C)CC1. The first-order chi connectivity index (χ1) is 15.9. The molecule has 2 amide bonds. The Morgan fingerprint density at radius 2 is 1.65 bits per heavy atom. The average Bonchev–Trinajstić information content (AvgIpc) is 3.09. The normalized spacial score (nSPS) is 15.9. The summed E-state index contributed by atoms with van der Waals surface area (Å²) in [7, 11) is 0. The number of rotatable bonds is 6. The number of benzene rings is 1. The van der Waals surface area contributed by atoms with Gasteiger partial charge in [-0.2, -0.15) is 18.3 Å². The van der Waals surface area contributed by atoms with E-state index < -0.39 is 22.3 Å². The number of carbonyl (C=O) groups excluding carboxylic acids is 2. The lowest BCUT2D eigenvalue weighted by molar-refractivity contribution is -0.143. The molecule has 0 bridgehead atoms. The number of hydrogen-bond acceptors (Lipinski definition) is 3. The van der Waals surface area contributed by atoms with E-state index in [-0.39, 0.29) is 37.1 Å². The van der Waals surface area contributed by atoms with Crippen molar-refractivity contribution < 1.29 is 22.8 Å². The van der Waals surface area contributed by atoms with Crippen molar-refractivity contribution in [2.24, 2.45) is 0 Å². The average molecular weight is 519 g/mol. The molecule has 0 unspecified atom stereocenters. The zero-order valence-corrected chi connectivity index (χ0v) is 20.8. The number of likely N-dealkylation sites (N-methyl/N-ethyl adjacent to an activating group) is 1. The van der Waals surface area contributed by atoms with Gasteiger partial charge in [0.2, 0.25) is 11.8 Å². The first-order valence-electron chi connectivity index (χ1n) is 11.1. The van der Waals surface area contributed by atoms with Crippen molar-refractivity contribution in [3.8, 4) is 0 Å². The highest BCUT2D eigenvalue weighted by atomic mass is 35.5. The molecule has 2 heterocycles. The van der Waals surface area contributed by atoms with Gasteiger partial charge in [0.15, 0.2) is 5.69 Å². The van der Waals surface area contributed by atoms with E-state index in [1.54, 1.807) is 21.9 Å². The standard InChI is InChI=1S/C23H27Cl2F3N4O2/c1-4-30(5-2)21(34)22(16-6-8-17(24)9-7-16)10-12-31(13-11-22)18(33)14-32-15(3)19(25)20(29-32)23(26,27)28/h6-9H,4-5,10-14H2,1-3H3. The molecule has 1 aromatic heterocycles. The maximum atomic E-state index is 13.6. The Bertz CT molecular complexity index is 1040. The summed E-state index contributed by atoms with van der Waals surface area (Å²) in [6.45, 7) is 6.57. The lowest BCUT2D eigenvalue weighted by Crippen LogP contribution is -2.54. The highest BCUT2D eigenvalue weighted by Crippen LogP contribution is 2.39. The zero-order valence-electron chi connectivity index (χ0n) is 19.3. The molecule has 0 atom stereocenters. The molecule has 0 N–H and O–H groups in total. The molecule has 2 aromatic rings. The monoisotopic (exact) mass is 518 g/mol. The summed E-state index contributed by atoms with van der Waals surface area (Å²) in [6.07, 6.45) is -3.92. The van der Waals surface area contributed by atoms with E-state index in [0.29, 0.717) is 31.0 Å². The van der Waals surface area contributed by atoms with Crippen molar-refractivity contribution >= 4 is 35.0 Å². The topological polar surface area (TPSA) is 58.4 Å². The smallest absolute Gasteiger partial charge is 0.342 e. The molecule has 0 radical (unpaired) electrons. The Morgan fingerprint density at radius 1 is 1.09 bits per heavy atom. The van der Waals surface area contributed by atoms with E-state index >= 15 is 0 Å². The number of halogens is 5. The Morgan fingerprint density at radius 3 is 2.12 bits per heavy atom. The van der Waals surface area contributed by atoms with Crippen molar-refractivity contribution in [2.75, 3.05) is 26.2 Å². The Hall–Kier alpha value is -2.26. The molecule has 3 rings (SSSR count). The second-order valence-electron chi connectivity index (χ2n) is 8.35. The van der Waals surface area contributed by atoms with E-state index in [2.05, 4.69) is 5.10 Å². The van der Waals surface area contributed by atoms with Crippen LogP contribution in [-0.2, 0) is 27.7 Å². The molecule has 34 heavy (non-hydrogen) atoms. The van der Waals surface area contributed by atoms with Crippen LogP contribution >= 0.6 is 23.2 Å². The van der Waals surface area contributed by atoms with Crippen LogP contribution < -0.4 is 0 Å². The third kappa shape index (κ3) is 5.05. The van der Waals surface area contributed by atoms with E-state index in [1.807, 2.05) is 26.0 Å². The van der Waals surface area contributed by atoms with Gasteiger partial charge < -0.3 is 9.80 Å². The van der Waals surface area contributed by atoms with Gasteiger partial charge in [0.1, 0.15) is 6.54 Å². The fourth-order valence-electron chi connectivity index (χ4n) is 4.43. The maximum absolute atomic E-state index is 13.6. The van der Waals surface area contributed by atoms with Crippen LogP contribution in [0.3, 0.4) is 0 Å². The molecule has 1 saturated heterocycles. The van der Waals surface area contributed by atoms with Crippen molar-refractivity contribution in [3.05, 3.63) is 51.3 Å². The summed E-state index contributed by atoms with van der Waals surface area (Å²) in [5.41, 5.74) is -1.09. The quantitative estimate of drug-likeness (QED) is 0.543. The first-order valence-corrected chi connectivity index (χ1v) is 11.8. The molecule has 0 spiro atoms. The van der Waals surface area contributed by atoms with Crippen molar-refractivity contribution in [1.82, 2.24) is 19.6 Å². The van der Waals surface area contributed by atoms with Crippen LogP contribution in [0.2, 0.25) is 10.0 Å². The zero-order chi connectivity index (χ0) is 25.3. The van der Waals surface area contributed by atoms with Crippen molar-refractivity contribution in [2.45, 2.75) is 51.7 Å². The lowest BCUT2D eigenvalue weighted by Gasteiger charge is -2.43. The molecular formula is C23H27Cl2F3N4O2. The third-order valence-electron chi connectivity index (χ3n) is 6.51. The molecule has 1 aliphatic rings. The molecule has 0 aliphatic carbocycles. The fraction of sp³-hybridized carbons (Fsp3) is 0.522. The van der Waals surface area contributed by atoms with Crippen molar-refractivity contribution in [3.63, 3.8) is 0 Å². The number of likely N-dealkylation sites (tertiary alicyclic amines) is 1. The van der Waals surface area contributed by atoms with Crippen LogP contribution in [0.1, 0.15) is 43.6 Å². The van der Waals surface area contributed by atoms with Gasteiger partial charge >= 0.3 is 6.18 Å². The van der Waals surface area contributed by atoms with Gasteiger partial charge in [-0.15, -0.1) is 0 Å². The van der Waals surface area contributed by atoms with Gasteiger partial charge in [0, 0.05) is 31.2 Å². The minimum absolute atomic E-state index is 0.00329. The Kier molecular flexibility index (Phi) is 7.87. The van der Waals surface area contributed by atoms with Gasteiger partial charge in [0.25, 0.3) is 0 Å². The number of hydrogen-bond donors (Lipinski definition) is 0. The van der Waals surface area contributed by atoms with Gasteiger partial charge in [-0.1, -0.05) is 35.3 Å². The second-order valence-corrected chi connectivity index (χ2v) is 9.17. The summed E-state index contributed by atoms with van der Waals surface area (Å²) in [5, 5.41) is 3.57. The number of amides is 2. The second kappa shape index (κ2) is 10.2. The molecule has 186 valence electrons. The predicted octanol–water partition coefficient (Wildman–Crippen LogP) is 4.95. The van der Waals surface area contributed by atoms with E-state index in [0.717, 1.165) is 10.2 Å². The number of piperidine rings is 1. The van der Waals surface area contributed by atoms with Crippen LogP contribution in [0.15, 0.2) is 24.3 Å². The highest BCUT2D eigenvalue weighted by Gasteiger charge is 2.45. The Labute approximate surface area is 206 Å². The summed E-state index contributed by atoms with van der Waals surface area (Å²) in [4.78, 5) is 29.8. The van der Waals surface area contributed by atoms with Crippen LogP contribution in [0, 0.1) is 6.92 Å². The minimum Gasteiger partial charge on any atom is -0.342 e. The lowest BCUT2D eigenvalue weighted by atomic mass is 9.71. The van der Waals surface area contributed by atoms with E-state index in [1.165, 1.54) is 6.92 Å². The molecule has 1 aliphatic heterocycles. The van der Waals surface area contributed by atoms with Gasteiger partial charge in [0.05, 0.1) is 16.1 Å². The van der Waals surface area contributed by atoms with Crippen LogP contribution in [0.4, 0.5) is 13.2 Å². The van der Waals surface area contributed by atoms with E-state index in [4.69, 9.17) is 23.2 Å². The van der Waals surface area contributed by atoms with Gasteiger partial charge in [-0.25, -0.2) is 0 Å². The van der Waals surface area contributed by atoms with Crippen LogP contribution in [0.5, 0.6) is 0 Å². The number of nitrogens with zero attached hydrogens (tertiary/aromatic N) is 4. The molecule has 0 saturated carbocycles. The summed E-state index contributed by atoms with van der Waals surface area (Å²) in [6, 6.07) is 7.17. The maximum Gasteiger partial charge on any atom is 0.436 e. The highest BCUT2D eigenvalue weighted by molar-refractivity contribution is 6.32. The summed E-state index contributed by atoms with van der Waals surface area (Å²) < 4.78 is 40.3. The van der Waals surface area contributed by atoms with E-state index in [9.17, 15) is 22.8 Å². The molecular weight excluding hydrogens is 492 g/mol. The first kappa shape index (κ1) is 26.3. The number of aromatic nitrogens is 2. The van der Waals surface area contributed by atoms with Crippen LogP contribution in [0.25, 0.3) is 0 Å². The molecule has 6 nitrogen and oxygen atoms in total. The fourth-order valence-corrected chi connectivity index (χ4v) is 4.80. The number of carbonyl (C=O) groups is 2. The van der Waals surface area contributed by atoms with Crippen molar-refractivity contribution in [1.29, 1.82) is 0 Å². The molecule has 1 fully saturated rings. The summed E-state index contributed by atoms with van der Waals surface area (Å²) in [5.74, 6) is -0.382. The van der Waals surface area contributed by atoms with Crippen LogP contribution in [-0.4, -0.2) is 57.6 Å². The predicted molar refractivity (Wildman–Crippen MR) is 124 cm³/mol. The van der Waals surface area contributed by atoms with Gasteiger partial charge in [-0.05, 0) is 51.3 Å². The Balaban J connectivity index is 1.81. The minimum atomic E-state index is -4.70. The number of alkyl halides is 3. The third-order valence-corrected chi connectivity index (χ3v) is 7.22. The largest absolute Gasteiger partial charge is 0.436 e. The summed E-state index contributed by atoms with van der Waals surface area (Å²) >= 11 is 11.8. The van der Waals surface area contributed by atoms with Gasteiger partial charge in [-0.3, -0.25) is 14.3 Å². The molecule has 1 aromatic carbocycles.